The van der Waals surface area contributed by atoms with Gasteiger partial charge in [-0.2, -0.15) is 0 Å². The van der Waals surface area contributed by atoms with Crippen LogP contribution >= 0.6 is 0 Å². The third-order valence-corrected chi connectivity index (χ3v) is 3.01. The van der Waals surface area contributed by atoms with Gasteiger partial charge in [-0.3, -0.25) is 0 Å². The Bertz CT molecular complexity index is 391. The van der Waals surface area contributed by atoms with Crippen LogP contribution < -0.4 is 16.0 Å². The van der Waals surface area contributed by atoms with E-state index in [0.29, 0.717) is 0 Å². The third kappa shape index (κ3) is 3.03. The van der Waals surface area contributed by atoms with Crippen molar-refractivity contribution in [2.75, 3.05) is 23.7 Å². The number of piperidine rings is 1. The molecule has 5 nitrogen and oxygen atoms in total. The van der Waals surface area contributed by atoms with Crippen LogP contribution in [-0.4, -0.2) is 30.3 Å². The SMILES string of the molecule is Nc1ccc(N2CCCC(NC(=O)O)C2)cc1. The van der Waals surface area contributed by atoms with Crippen LogP contribution in [0.2, 0.25) is 0 Å². The Morgan fingerprint density at radius 2 is 2.12 bits per heavy atom. The summed E-state index contributed by atoms with van der Waals surface area (Å²) in [5, 5.41) is 11.3. The van der Waals surface area contributed by atoms with E-state index in [2.05, 4.69) is 10.2 Å². The largest absolute Gasteiger partial charge is 0.465 e. The maximum absolute atomic E-state index is 10.6. The average Bonchev–Trinajstić information content (AvgIpc) is 2.29. The Morgan fingerprint density at radius 3 is 2.76 bits per heavy atom. The Balaban J connectivity index is 2.01. The first-order valence-corrected chi connectivity index (χ1v) is 5.75. The quantitative estimate of drug-likeness (QED) is 0.679. The summed E-state index contributed by atoms with van der Waals surface area (Å²) < 4.78 is 0. The smallest absolute Gasteiger partial charge is 0.404 e. The second-order valence-corrected chi connectivity index (χ2v) is 4.33. The van der Waals surface area contributed by atoms with Gasteiger partial charge in [0.15, 0.2) is 0 Å². The van der Waals surface area contributed by atoms with E-state index < -0.39 is 6.09 Å². The molecule has 1 atom stereocenters. The van der Waals surface area contributed by atoms with E-state index in [1.807, 2.05) is 24.3 Å². The van der Waals surface area contributed by atoms with Crippen molar-refractivity contribution >= 4 is 17.5 Å². The molecule has 1 fully saturated rings. The van der Waals surface area contributed by atoms with Crippen LogP contribution in [0.25, 0.3) is 0 Å². The molecule has 0 spiro atoms. The van der Waals surface area contributed by atoms with Gasteiger partial charge in [0.05, 0.1) is 0 Å². The number of nitrogen functional groups attached to an aromatic ring is 1. The lowest BCUT2D eigenvalue weighted by Gasteiger charge is -2.34. The van der Waals surface area contributed by atoms with E-state index in [-0.39, 0.29) is 6.04 Å². The summed E-state index contributed by atoms with van der Waals surface area (Å²) in [6.45, 7) is 1.68. The Hall–Kier alpha value is -1.91. The fourth-order valence-corrected chi connectivity index (χ4v) is 2.19. The van der Waals surface area contributed by atoms with E-state index in [1.165, 1.54) is 0 Å². The number of benzene rings is 1. The van der Waals surface area contributed by atoms with E-state index >= 15 is 0 Å². The van der Waals surface area contributed by atoms with Gasteiger partial charge in [-0.1, -0.05) is 0 Å². The van der Waals surface area contributed by atoms with Crippen molar-refractivity contribution in [3.63, 3.8) is 0 Å². The number of carbonyl (C=O) groups is 1. The maximum atomic E-state index is 10.6. The fourth-order valence-electron chi connectivity index (χ4n) is 2.19. The number of nitrogens with zero attached hydrogens (tertiary/aromatic N) is 1. The van der Waals surface area contributed by atoms with Gasteiger partial charge in [-0.25, -0.2) is 4.79 Å². The number of hydrogen-bond acceptors (Lipinski definition) is 3. The summed E-state index contributed by atoms with van der Waals surface area (Å²) in [6, 6.07) is 7.68. The van der Waals surface area contributed by atoms with E-state index in [0.717, 1.165) is 37.3 Å². The Kier molecular flexibility index (Phi) is 3.37. The van der Waals surface area contributed by atoms with Gasteiger partial charge in [-0.05, 0) is 37.1 Å². The normalized spacial score (nSPS) is 20.0. The van der Waals surface area contributed by atoms with Gasteiger partial charge in [0.2, 0.25) is 0 Å². The summed E-state index contributed by atoms with van der Waals surface area (Å²) in [4.78, 5) is 12.8. The van der Waals surface area contributed by atoms with E-state index in [1.54, 1.807) is 0 Å². The van der Waals surface area contributed by atoms with Gasteiger partial charge < -0.3 is 21.1 Å². The van der Waals surface area contributed by atoms with Crippen molar-refractivity contribution < 1.29 is 9.90 Å². The van der Waals surface area contributed by atoms with E-state index in [9.17, 15) is 4.79 Å². The van der Waals surface area contributed by atoms with E-state index in [4.69, 9.17) is 10.8 Å². The molecule has 0 aromatic heterocycles. The second-order valence-electron chi connectivity index (χ2n) is 4.33. The standard InChI is InChI=1S/C12H17N3O2/c13-9-3-5-11(6-4-9)15-7-1-2-10(8-15)14-12(16)17/h3-6,10,14H,1-2,7-8,13H2,(H,16,17). The predicted molar refractivity (Wildman–Crippen MR) is 67.2 cm³/mol. The summed E-state index contributed by atoms with van der Waals surface area (Å²) in [5.41, 5.74) is 7.48. The first kappa shape index (κ1) is 11.6. The van der Waals surface area contributed by atoms with Gasteiger partial charge >= 0.3 is 6.09 Å². The van der Waals surface area contributed by atoms with Gasteiger partial charge in [0.1, 0.15) is 0 Å². The van der Waals surface area contributed by atoms with Crippen LogP contribution in [0.5, 0.6) is 0 Å². The zero-order chi connectivity index (χ0) is 12.3. The van der Waals surface area contributed by atoms with Crippen molar-refractivity contribution in [3.8, 4) is 0 Å². The molecule has 0 aliphatic carbocycles. The molecule has 0 bridgehead atoms. The van der Waals surface area contributed by atoms with Gasteiger partial charge in [-0.15, -0.1) is 0 Å². The molecule has 1 amide bonds. The highest BCUT2D eigenvalue weighted by Gasteiger charge is 2.21. The molecule has 5 heteroatoms. The molecule has 1 saturated heterocycles. The number of carboxylic acid groups (broad SMARTS) is 1. The fraction of sp³-hybridized carbons (Fsp3) is 0.417. The minimum Gasteiger partial charge on any atom is -0.465 e. The first-order valence-electron chi connectivity index (χ1n) is 5.75. The number of amides is 1. The Morgan fingerprint density at radius 1 is 1.41 bits per heavy atom. The third-order valence-electron chi connectivity index (χ3n) is 3.01. The monoisotopic (exact) mass is 235 g/mol. The highest BCUT2D eigenvalue weighted by atomic mass is 16.4. The predicted octanol–water partition coefficient (Wildman–Crippen LogP) is 1.51. The first-order chi connectivity index (χ1) is 8.15. The molecule has 4 N–H and O–H groups in total. The van der Waals surface area contributed by atoms with Crippen molar-refractivity contribution in [2.24, 2.45) is 0 Å². The molecule has 1 aliphatic heterocycles. The van der Waals surface area contributed by atoms with Crippen LogP contribution in [0.4, 0.5) is 16.2 Å². The molecule has 2 rings (SSSR count). The number of anilines is 2. The average molecular weight is 235 g/mol. The molecule has 1 heterocycles. The number of rotatable bonds is 2. The number of nitrogens with two attached hydrogens (primary N) is 1. The zero-order valence-electron chi connectivity index (χ0n) is 9.60. The molecular weight excluding hydrogens is 218 g/mol. The van der Waals surface area contributed by atoms with Crippen LogP contribution in [0.1, 0.15) is 12.8 Å². The highest BCUT2D eigenvalue weighted by molar-refractivity contribution is 5.65. The van der Waals surface area contributed by atoms with Crippen LogP contribution in [0, 0.1) is 0 Å². The van der Waals surface area contributed by atoms with Crippen molar-refractivity contribution in [2.45, 2.75) is 18.9 Å². The van der Waals surface area contributed by atoms with Gasteiger partial charge in [0.25, 0.3) is 0 Å². The Labute approximate surface area is 100 Å². The summed E-state index contributed by atoms with van der Waals surface area (Å²) in [7, 11) is 0. The lowest BCUT2D eigenvalue weighted by Crippen LogP contribution is -2.47. The van der Waals surface area contributed by atoms with Crippen molar-refractivity contribution in [1.29, 1.82) is 0 Å². The molecule has 92 valence electrons. The molecule has 0 saturated carbocycles. The molecule has 17 heavy (non-hydrogen) atoms. The van der Waals surface area contributed by atoms with Crippen LogP contribution in [0.15, 0.2) is 24.3 Å². The lowest BCUT2D eigenvalue weighted by molar-refractivity contribution is 0.188. The van der Waals surface area contributed by atoms with Gasteiger partial charge in [0, 0.05) is 30.5 Å². The topological polar surface area (TPSA) is 78.6 Å². The highest BCUT2D eigenvalue weighted by Crippen LogP contribution is 2.21. The second kappa shape index (κ2) is 4.95. The summed E-state index contributed by atoms with van der Waals surface area (Å²) in [5.74, 6) is 0. The minimum atomic E-state index is -0.950. The van der Waals surface area contributed by atoms with Crippen LogP contribution in [0.3, 0.4) is 0 Å². The molecule has 1 unspecified atom stereocenters. The van der Waals surface area contributed by atoms with Crippen molar-refractivity contribution in [3.05, 3.63) is 24.3 Å². The molecule has 1 aromatic carbocycles. The van der Waals surface area contributed by atoms with Crippen molar-refractivity contribution in [1.82, 2.24) is 5.32 Å². The number of hydrogen-bond donors (Lipinski definition) is 3. The molecule has 1 aromatic rings. The minimum absolute atomic E-state index is 0.0128. The summed E-state index contributed by atoms with van der Waals surface area (Å²) in [6.07, 6.45) is 0.946. The zero-order valence-corrected chi connectivity index (χ0v) is 9.60. The molecule has 1 aliphatic rings. The maximum Gasteiger partial charge on any atom is 0.404 e. The van der Waals surface area contributed by atoms with Crippen LogP contribution in [-0.2, 0) is 0 Å². The lowest BCUT2D eigenvalue weighted by atomic mass is 10.1. The molecule has 0 radical (unpaired) electrons. The molecular formula is C12H17N3O2. The number of nitrogens with one attached hydrogen (secondary N) is 1. The summed E-state index contributed by atoms with van der Waals surface area (Å²) >= 11 is 0.